The molecular weight excluding hydrogens is 266 g/mol. The van der Waals surface area contributed by atoms with Crippen LogP contribution in [-0.4, -0.2) is 44.3 Å². The molecular formula is C11H21N5O2S. The summed E-state index contributed by atoms with van der Waals surface area (Å²) in [6.45, 7) is 3.98. The van der Waals surface area contributed by atoms with Gasteiger partial charge in [0, 0.05) is 19.6 Å². The van der Waals surface area contributed by atoms with Crippen LogP contribution in [0.2, 0.25) is 0 Å². The average Bonchev–Trinajstić information content (AvgIpc) is 2.35. The van der Waals surface area contributed by atoms with E-state index in [-0.39, 0.29) is 0 Å². The Balaban J connectivity index is 2.29. The van der Waals surface area contributed by atoms with Crippen molar-refractivity contribution in [3.05, 3.63) is 12.4 Å². The molecule has 0 aliphatic carbocycles. The zero-order chi connectivity index (χ0) is 14.1. The van der Waals surface area contributed by atoms with E-state index >= 15 is 0 Å². The summed E-state index contributed by atoms with van der Waals surface area (Å²) in [5.74, 6) is 1.42. The van der Waals surface area contributed by atoms with E-state index in [1.54, 1.807) is 12.4 Å². The van der Waals surface area contributed by atoms with E-state index in [0.717, 1.165) is 25.0 Å². The average molecular weight is 287 g/mol. The summed E-state index contributed by atoms with van der Waals surface area (Å²) in [6.07, 6.45) is 6.17. The van der Waals surface area contributed by atoms with Crippen molar-refractivity contribution in [2.45, 2.75) is 19.8 Å². The third kappa shape index (κ3) is 7.58. The third-order valence-electron chi connectivity index (χ3n) is 2.21. The van der Waals surface area contributed by atoms with Gasteiger partial charge in [0.2, 0.25) is 10.0 Å². The molecule has 8 heteroatoms. The molecule has 0 atom stereocenters. The first-order valence-electron chi connectivity index (χ1n) is 6.25. The van der Waals surface area contributed by atoms with E-state index in [2.05, 4.69) is 32.2 Å². The van der Waals surface area contributed by atoms with Crippen LogP contribution in [0.4, 0.5) is 11.6 Å². The van der Waals surface area contributed by atoms with Crippen LogP contribution >= 0.6 is 0 Å². The highest BCUT2D eigenvalue weighted by Crippen LogP contribution is 2.06. The Morgan fingerprint density at radius 2 is 1.74 bits per heavy atom. The lowest BCUT2D eigenvalue weighted by Gasteiger charge is -2.08. The zero-order valence-electron chi connectivity index (χ0n) is 11.3. The predicted octanol–water partition coefficient (Wildman–Crippen LogP) is 0.650. The molecule has 0 aromatic carbocycles. The number of nitrogens with one attached hydrogen (secondary N) is 3. The first-order valence-corrected chi connectivity index (χ1v) is 8.15. The maximum absolute atomic E-state index is 10.8. The maximum atomic E-state index is 10.8. The molecule has 1 rings (SSSR count). The second kappa shape index (κ2) is 7.90. The molecule has 3 N–H and O–H groups in total. The molecule has 1 heterocycles. The smallest absolute Gasteiger partial charge is 0.208 e. The van der Waals surface area contributed by atoms with Crippen molar-refractivity contribution in [1.82, 2.24) is 14.7 Å². The summed E-state index contributed by atoms with van der Waals surface area (Å²) in [6, 6.07) is 0. The fourth-order valence-corrected chi connectivity index (χ4v) is 1.87. The van der Waals surface area contributed by atoms with Gasteiger partial charge in [-0.1, -0.05) is 6.92 Å². The van der Waals surface area contributed by atoms with Crippen molar-refractivity contribution in [2.24, 2.45) is 0 Å². The van der Waals surface area contributed by atoms with Gasteiger partial charge >= 0.3 is 0 Å². The molecule has 0 spiro atoms. The fourth-order valence-electron chi connectivity index (χ4n) is 1.35. The van der Waals surface area contributed by atoms with Crippen LogP contribution in [0.25, 0.3) is 0 Å². The topological polar surface area (TPSA) is 96.0 Å². The van der Waals surface area contributed by atoms with Crippen LogP contribution < -0.4 is 15.4 Å². The predicted molar refractivity (Wildman–Crippen MR) is 76.8 cm³/mol. The van der Waals surface area contributed by atoms with Gasteiger partial charge < -0.3 is 10.6 Å². The number of sulfonamides is 1. The Morgan fingerprint density at radius 3 is 2.32 bits per heavy atom. The molecule has 0 amide bonds. The van der Waals surface area contributed by atoms with Gasteiger partial charge in [-0.2, -0.15) is 0 Å². The molecule has 0 bridgehead atoms. The molecule has 7 nitrogen and oxygen atoms in total. The number of hydrogen-bond acceptors (Lipinski definition) is 6. The first kappa shape index (κ1) is 15.6. The summed E-state index contributed by atoms with van der Waals surface area (Å²) >= 11 is 0. The highest BCUT2D eigenvalue weighted by Gasteiger charge is 2.00. The lowest BCUT2D eigenvalue weighted by molar-refractivity contribution is 0.586. The van der Waals surface area contributed by atoms with Crippen molar-refractivity contribution < 1.29 is 8.42 Å². The van der Waals surface area contributed by atoms with Gasteiger partial charge in [-0.3, -0.25) is 4.98 Å². The second-order valence-corrected chi connectivity index (χ2v) is 6.00. The van der Waals surface area contributed by atoms with Gasteiger partial charge in [-0.15, -0.1) is 0 Å². The fraction of sp³-hybridized carbons (Fsp3) is 0.636. The summed E-state index contributed by atoms with van der Waals surface area (Å²) in [5, 5.41) is 6.25. The Kier molecular flexibility index (Phi) is 6.51. The molecule has 0 aliphatic rings. The molecule has 0 saturated carbocycles. The van der Waals surface area contributed by atoms with Crippen LogP contribution in [-0.2, 0) is 10.0 Å². The highest BCUT2D eigenvalue weighted by molar-refractivity contribution is 7.88. The van der Waals surface area contributed by atoms with Crippen LogP contribution in [0.1, 0.15) is 19.8 Å². The SMILES string of the molecule is CCCNc1cncc(NCCCNS(C)(=O)=O)n1. The van der Waals surface area contributed by atoms with Gasteiger partial charge in [0.25, 0.3) is 0 Å². The molecule has 1 aromatic heterocycles. The number of aromatic nitrogens is 2. The van der Waals surface area contributed by atoms with Crippen molar-refractivity contribution in [3.63, 3.8) is 0 Å². The molecule has 1 aromatic rings. The van der Waals surface area contributed by atoms with Crippen LogP contribution in [0.3, 0.4) is 0 Å². The van der Waals surface area contributed by atoms with Crippen LogP contribution in [0, 0.1) is 0 Å². The number of hydrogen-bond donors (Lipinski definition) is 3. The lowest BCUT2D eigenvalue weighted by Crippen LogP contribution is -2.24. The molecule has 0 fully saturated rings. The monoisotopic (exact) mass is 287 g/mol. The first-order chi connectivity index (χ1) is 9.01. The van der Waals surface area contributed by atoms with Gasteiger partial charge in [-0.25, -0.2) is 18.1 Å². The molecule has 0 radical (unpaired) electrons. The third-order valence-corrected chi connectivity index (χ3v) is 2.94. The van der Waals surface area contributed by atoms with Gasteiger partial charge in [0.1, 0.15) is 11.6 Å². The molecule has 0 aliphatic heterocycles. The summed E-state index contributed by atoms with van der Waals surface area (Å²) in [5.41, 5.74) is 0. The van der Waals surface area contributed by atoms with E-state index in [0.29, 0.717) is 25.3 Å². The van der Waals surface area contributed by atoms with Crippen molar-refractivity contribution in [1.29, 1.82) is 0 Å². The van der Waals surface area contributed by atoms with E-state index in [1.165, 1.54) is 0 Å². The minimum absolute atomic E-state index is 0.410. The Labute approximate surface area is 114 Å². The minimum atomic E-state index is -3.10. The normalized spacial score (nSPS) is 11.3. The Bertz CT molecular complexity index is 478. The van der Waals surface area contributed by atoms with Gasteiger partial charge in [-0.05, 0) is 12.8 Å². The van der Waals surface area contributed by atoms with Crippen LogP contribution in [0.15, 0.2) is 12.4 Å². The highest BCUT2D eigenvalue weighted by atomic mass is 32.2. The number of rotatable bonds is 9. The maximum Gasteiger partial charge on any atom is 0.208 e. The minimum Gasteiger partial charge on any atom is -0.369 e. The largest absolute Gasteiger partial charge is 0.369 e. The van der Waals surface area contributed by atoms with E-state index < -0.39 is 10.0 Å². The summed E-state index contributed by atoms with van der Waals surface area (Å²) in [7, 11) is -3.10. The van der Waals surface area contributed by atoms with Gasteiger partial charge in [0.15, 0.2) is 0 Å². The summed E-state index contributed by atoms with van der Waals surface area (Å²) in [4.78, 5) is 8.41. The second-order valence-electron chi connectivity index (χ2n) is 4.16. The van der Waals surface area contributed by atoms with Crippen molar-refractivity contribution in [3.8, 4) is 0 Å². The zero-order valence-corrected chi connectivity index (χ0v) is 12.1. The molecule has 0 unspecified atom stereocenters. The lowest BCUT2D eigenvalue weighted by atomic mass is 10.4. The Hall–Kier alpha value is -1.41. The van der Waals surface area contributed by atoms with E-state index in [4.69, 9.17) is 0 Å². The molecule has 108 valence electrons. The molecule has 0 saturated heterocycles. The standard InChI is InChI=1S/C11H21N5O2S/c1-3-5-13-10-8-12-9-11(16-10)14-6-4-7-15-19(2,17)18/h8-9,15H,3-7H2,1-2H3,(H2,13,14,16). The summed E-state index contributed by atoms with van der Waals surface area (Å²) < 4.78 is 24.1. The molecule has 19 heavy (non-hydrogen) atoms. The van der Waals surface area contributed by atoms with Crippen molar-refractivity contribution in [2.75, 3.05) is 36.5 Å². The van der Waals surface area contributed by atoms with E-state index in [1.807, 2.05) is 0 Å². The van der Waals surface area contributed by atoms with Crippen LogP contribution in [0.5, 0.6) is 0 Å². The number of anilines is 2. The van der Waals surface area contributed by atoms with Gasteiger partial charge in [0.05, 0.1) is 18.6 Å². The van der Waals surface area contributed by atoms with Crippen molar-refractivity contribution >= 4 is 21.7 Å². The quantitative estimate of drug-likeness (QED) is 0.577. The van der Waals surface area contributed by atoms with E-state index in [9.17, 15) is 8.42 Å². The number of nitrogens with zero attached hydrogens (tertiary/aromatic N) is 2. The Morgan fingerprint density at radius 1 is 1.11 bits per heavy atom.